The molecule has 2 heterocycles. The number of aliphatic hydroxyl groups excluding tert-OH is 1. The molecule has 6 heteroatoms. The van der Waals surface area contributed by atoms with Crippen LogP contribution in [0.1, 0.15) is 24.0 Å². The molecule has 29 heavy (non-hydrogen) atoms. The number of piperidine rings is 1. The molecular formula is C23H23ClN2O3. The molecule has 1 N–H and O–H groups in total. The third-order valence-corrected chi connectivity index (χ3v) is 5.80. The zero-order valence-corrected chi connectivity index (χ0v) is 17.0. The summed E-state index contributed by atoms with van der Waals surface area (Å²) in [4.78, 5) is 30.2. The quantitative estimate of drug-likeness (QED) is 0.782. The summed E-state index contributed by atoms with van der Waals surface area (Å²) in [5.74, 6) is -0.549. The van der Waals surface area contributed by atoms with Crippen LogP contribution in [-0.2, 0) is 9.59 Å². The van der Waals surface area contributed by atoms with Gasteiger partial charge in [-0.15, -0.1) is 0 Å². The first-order valence-electron chi connectivity index (χ1n) is 9.81. The maximum absolute atomic E-state index is 13.5. The van der Waals surface area contributed by atoms with Crippen molar-refractivity contribution < 1.29 is 14.7 Å². The Morgan fingerprint density at radius 3 is 2.55 bits per heavy atom. The van der Waals surface area contributed by atoms with Crippen LogP contribution in [-0.4, -0.2) is 41.5 Å². The Labute approximate surface area is 175 Å². The van der Waals surface area contributed by atoms with Crippen LogP contribution >= 0.6 is 11.6 Å². The van der Waals surface area contributed by atoms with Crippen molar-refractivity contribution in [1.82, 2.24) is 4.90 Å². The lowest BCUT2D eigenvalue weighted by atomic mass is 9.97. The number of likely N-dealkylation sites (tertiary alicyclic amines) is 1. The van der Waals surface area contributed by atoms with Gasteiger partial charge in [-0.2, -0.15) is 0 Å². The molecule has 1 saturated heterocycles. The van der Waals surface area contributed by atoms with E-state index in [0.29, 0.717) is 40.6 Å². The summed E-state index contributed by atoms with van der Waals surface area (Å²) in [6.07, 6.45) is 1.79. The number of halogens is 1. The number of nitrogens with zero attached hydrogens (tertiary/aromatic N) is 2. The van der Waals surface area contributed by atoms with E-state index in [1.165, 1.54) is 4.90 Å². The maximum atomic E-state index is 13.5. The number of anilines is 1. The Morgan fingerprint density at radius 2 is 1.86 bits per heavy atom. The highest BCUT2D eigenvalue weighted by Crippen LogP contribution is 2.36. The summed E-state index contributed by atoms with van der Waals surface area (Å²) in [5.41, 5.74) is 3.02. The van der Waals surface area contributed by atoms with Crippen LogP contribution in [0.2, 0.25) is 5.02 Å². The molecule has 0 aliphatic carbocycles. The number of hydrogen-bond acceptors (Lipinski definition) is 4. The largest absolute Gasteiger partial charge is 0.396 e. The summed E-state index contributed by atoms with van der Waals surface area (Å²) in [5, 5.41) is 10.2. The highest BCUT2D eigenvalue weighted by molar-refractivity contribution is 6.45. The van der Waals surface area contributed by atoms with Crippen LogP contribution in [0, 0.1) is 12.8 Å². The van der Waals surface area contributed by atoms with E-state index in [4.69, 9.17) is 11.6 Å². The van der Waals surface area contributed by atoms with E-state index in [1.54, 1.807) is 30.3 Å². The molecule has 0 aromatic heterocycles. The molecule has 2 amide bonds. The minimum Gasteiger partial charge on any atom is -0.396 e. The van der Waals surface area contributed by atoms with Gasteiger partial charge in [0, 0.05) is 24.7 Å². The van der Waals surface area contributed by atoms with Crippen molar-refractivity contribution in [3.63, 3.8) is 0 Å². The normalized spacial score (nSPS) is 20.0. The van der Waals surface area contributed by atoms with E-state index >= 15 is 0 Å². The van der Waals surface area contributed by atoms with Gasteiger partial charge in [-0.05, 0) is 61.1 Å². The van der Waals surface area contributed by atoms with Gasteiger partial charge in [-0.25, -0.2) is 4.90 Å². The van der Waals surface area contributed by atoms with Crippen LogP contribution < -0.4 is 4.90 Å². The van der Waals surface area contributed by atoms with Gasteiger partial charge >= 0.3 is 0 Å². The fraction of sp³-hybridized carbons (Fsp3) is 0.304. The highest BCUT2D eigenvalue weighted by atomic mass is 35.5. The smallest absolute Gasteiger partial charge is 0.282 e. The van der Waals surface area contributed by atoms with Crippen LogP contribution in [0.4, 0.5) is 5.69 Å². The molecule has 2 aliphatic rings. The lowest BCUT2D eigenvalue weighted by Gasteiger charge is -2.34. The minimum absolute atomic E-state index is 0.0732. The van der Waals surface area contributed by atoms with Crippen LogP contribution in [0.5, 0.6) is 0 Å². The van der Waals surface area contributed by atoms with Gasteiger partial charge in [0.05, 0.1) is 11.3 Å². The van der Waals surface area contributed by atoms with E-state index < -0.39 is 0 Å². The average Bonchev–Trinajstić information content (AvgIpc) is 2.99. The molecule has 0 radical (unpaired) electrons. The first kappa shape index (κ1) is 19.7. The molecule has 2 aliphatic heterocycles. The molecule has 0 saturated carbocycles. The van der Waals surface area contributed by atoms with Crippen molar-refractivity contribution >= 4 is 34.7 Å². The van der Waals surface area contributed by atoms with E-state index in [2.05, 4.69) is 0 Å². The van der Waals surface area contributed by atoms with Gasteiger partial charge < -0.3 is 10.0 Å². The van der Waals surface area contributed by atoms with Crippen LogP contribution in [0.25, 0.3) is 5.57 Å². The number of aryl methyl sites for hydroxylation is 1. The van der Waals surface area contributed by atoms with Crippen molar-refractivity contribution in [1.29, 1.82) is 0 Å². The molecule has 1 atom stereocenters. The second-order valence-corrected chi connectivity index (χ2v) is 8.09. The second-order valence-electron chi connectivity index (χ2n) is 7.65. The third kappa shape index (κ3) is 3.68. The van der Waals surface area contributed by atoms with Crippen LogP contribution in [0.3, 0.4) is 0 Å². The lowest BCUT2D eigenvalue weighted by Crippen LogP contribution is -2.40. The van der Waals surface area contributed by atoms with Gasteiger partial charge in [-0.1, -0.05) is 35.9 Å². The standard InChI is InChI=1S/C23H23ClN2O3/c1-15-4-2-6-19(12-15)26-22(28)20(17-7-9-18(24)10-8-17)21(23(26)29)25-11-3-5-16(13-25)14-27/h2,4,6-10,12,16,27H,3,5,11,13-14H2,1H3. The minimum atomic E-state index is -0.330. The Hall–Kier alpha value is -2.63. The summed E-state index contributed by atoms with van der Waals surface area (Å²) < 4.78 is 0. The zero-order chi connectivity index (χ0) is 20.5. The SMILES string of the molecule is Cc1cccc(N2C(=O)C(c3ccc(Cl)cc3)=C(N3CCCC(CO)C3)C2=O)c1. The van der Waals surface area contributed by atoms with Crippen LogP contribution in [0.15, 0.2) is 54.2 Å². The molecular weight excluding hydrogens is 388 g/mol. The Morgan fingerprint density at radius 1 is 1.10 bits per heavy atom. The second kappa shape index (κ2) is 8.01. The summed E-state index contributed by atoms with van der Waals surface area (Å²) in [7, 11) is 0. The lowest BCUT2D eigenvalue weighted by molar-refractivity contribution is -0.120. The Balaban J connectivity index is 1.82. The Kier molecular flexibility index (Phi) is 5.43. The van der Waals surface area contributed by atoms with Crippen molar-refractivity contribution in [2.24, 2.45) is 5.92 Å². The molecule has 1 unspecified atom stereocenters. The maximum Gasteiger partial charge on any atom is 0.282 e. The highest BCUT2D eigenvalue weighted by Gasteiger charge is 2.43. The molecule has 2 aromatic carbocycles. The molecule has 4 rings (SSSR count). The fourth-order valence-corrected chi connectivity index (χ4v) is 4.23. The summed E-state index contributed by atoms with van der Waals surface area (Å²) >= 11 is 6.03. The van der Waals surface area contributed by atoms with Gasteiger partial charge in [0.1, 0.15) is 5.70 Å². The van der Waals surface area contributed by atoms with Gasteiger partial charge in [0.15, 0.2) is 0 Å². The predicted octanol–water partition coefficient (Wildman–Crippen LogP) is 3.64. The predicted molar refractivity (Wildman–Crippen MR) is 113 cm³/mol. The van der Waals surface area contributed by atoms with Crippen molar-refractivity contribution in [2.75, 3.05) is 24.6 Å². The van der Waals surface area contributed by atoms with Crippen molar-refractivity contribution in [3.05, 3.63) is 70.4 Å². The molecule has 150 valence electrons. The van der Waals surface area contributed by atoms with Gasteiger partial charge in [-0.3, -0.25) is 9.59 Å². The number of benzene rings is 2. The number of aliphatic hydroxyl groups is 1. The Bertz CT molecular complexity index is 984. The summed E-state index contributed by atoms with van der Waals surface area (Å²) in [6.45, 7) is 3.25. The number of carbonyl (C=O) groups excluding carboxylic acids is 2. The number of imide groups is 1. The molecule has 0 bridgehead atoms. The first-order chi connectivity index (χ1) is 14.0. The number of rotatable bonds is 4. The van der Waals surface area contributed by atoms with Crippen molar-refractivity contribution in [2.45, 2.75) is 19.8 Å². The third-order valence-electron chi connectivity index (χ3n) is 5.55. The van der Waals surface area contributed by atoms with Gasteiger partial charge in [0.25, 0.3) is 11.8 Å². The molecule has 0 spiro atoms. The summed E-state index contributed by atoms with van der Waals surface area (Å²) in [6, 6.07) is 14.4. The van der Waals surface area contributed by atoms with Gasteiger partial charge in [0.2, 0.25) is 0 Å². The average molecular weight is 411 g/mol. The van der Waals surface area contributed by atoms with E-state index in [9.17, 15) is 14.7 Å². The topological polar surface area (TPSA) is 60.9 Å². The molecule has 5 nitrogen and oxygen atoms in total. The number of hydrogen-bond donors (Lipinski definition) is 1. The number of carbonyl (C=O) groups is 2. The van der Waals surface area contributed by atoms with E-state index in [0.717, 1.165) is 18.4 Å². The van der Waals surface area contributed by atoms with E-state index in [1.807, 2.05) is 30.0 Å². The molecule has 2 aromatic rings. The fourth-order valence-electron chi connectivity index (χ4n) is 4.11. The van der Waals surface area contributed by atoms with E-state index in [-0.39, 0.29) is 24.3 Å². The molecule has 1 fully saturated rings. The van der Waals surface area contributed by atoms with Crippen molar-refractivity contribution in [3.8, 4) is 0 Å². The first-order valence-corrected chi connectivity index (χ1v) is 10.2. The monoisotopic (exact) mass is 410 g/mol. The number of amides is 2. The zero-order valence-electron chi connectivity index (χ0n) is 16.3.